The summed E-state index contributed by atoms with van der Waals surface area (Å²) in [6.45, 7) is -0.200. The van der Waals surface area contributed by atoms with Crippen molar-refractivity contribution in [1.82, 2.24) is 5.32 Å². The monoisotopic (exact) mass is 286 g/mol. The Bertz CT molecular complexity index is 294. The number of rotatable bonds is 6. The minimum absolute atomic E-state index is 0.00712. The van der Waals surface area contributed by atoms with Gasteiger partial charge in [-0.15, -0.1) is 0 Å². The molecule has 1 amide bonds. The number of hydrogen-bond donors (Lipinski definition) is 2. The van der Waals surface area contributed by atoms with Crippen LogP contribution < -0.4 is 11.1 Å². The number of amides is 1. The average Bonchev–Trinajstić information content (AvgIpc) is 2.36. The summed E-state index contributed by atoms with van der Waals surface area (Å²) in [6.07, 6.45) is -0.786. The highest BCUT2D eigenvalue weighted by Crippen LogP contribution is 2.22. The highest BCUT2D eigenvalue weighted by atomic mass is 19.3. The minimum Gasteiger partial charge on any atom is -0.376 e. The van der Waals surface area contributed by atoms with Crippen LogP contribution in [-0.2, 0) is 9.53 Å². The zero-order valence-corrected chi connectivity index (χ0v) is 10.4. The van der Waals surface area contributed by atoms with Gasteiger partial charge in [-0.25, -0.2) is 8.78 Å². The fourth-order valence-corrected chi connectivity index (χ4v) is 1.86. The molecule has 0 bridgehead atoms. The Kier molecular flexibility index (Phi) is 5.99. The van der Waals surface area contributed by atoms with Crippen LogP contribution >= 0.6 is 0 Å². The van der Waals surface area contributed by atoms with Gasteiger partial charge in [0.15, 0.2) is 0 Å². The molecular formula is C11H18F4N2O2. The molecule has 4 nitrogen and oxygen atoms in total. The molecule has 8 heteroatoms. The van der Waals surface area contributed by atoms with Crippen LogP contribution in [0.2, 0.25) is 0 Å². The summed E-state index contributed by atoms with van der Waals surface area (Å²) in [4.78, 5) is 10.8. The molecule has 1 fully saturated rings. The van der Waals surface area contributed by atoms with Gasteiger partial charge in [-0.1, -0.05) is 0 Å². The van der Waals surface area contributed by atoms with Crippen molar-refractivity contribution in [1.29, 1.82) is 0 Å². The van der Waals surface area contributed by atoms with Crippen molar-refractivity contribution in [3.8, 4) is 0 Å². The van der Waals surface area contributed by atoms with E-state index in [2.05, 4.69) is 0 Å². The summed E-state index contributed by atoms with van der Waals surface area (Å²) in [6, 6.07) is 0.171. The highest BCUT2D eigenvalue weighted by molar-refractivity contribution is 5.83. The van der Waals surface area contributed by atoms with Gasteiger partial charge in [0.1, 0.15) is 0 Å². The molecule has 0 spiro atoms. The van der Waals surface area contributed by atoms with Crippen molar-refractivity contribution in [2.24, 2.45) is 5.73 Å². The predicted octanol–water partition coefficient (Wildman–Crippen LogP) is 1.29. The summed E-state index contributed by atoms with van der Waals surface area (Å²) >= 11 is 0. The maximum absolute atomic E-state index is 12.5. The number of nitrogens with two attached hydrogens (primary N) is 1. The normalized spacial score (nSPS) is 24.5. The lowest BCUT2D eigenvalue weighted by molar-refractivity contribution is -0.169. The van der Waals surface area contributed by atoms with Crippen LogP contribution in [0.25, 0.3) is 0 Å². The van der Waals surface area contributed by atoms with Crippen molar-refractivity contribution in [3.63, 3.8) is 0 Å². The standard InChI is InChI=1S/C11H18F4N2O2/c12-9(13)11(14,15)10(18)17-5-6-19-8-3-1-7(16)2-4-8/h7-9H,1-6,16H2,(H,17,18). The van der Waals surface area contributed by atoms with Gasteiger partial charge in [-0.3, -0.25) is 4.79 Å². The first-order valence-electron chi connectivity index (χ1n) is 6.15. The molecule has 1 saturated carbocycles. The molecule has 0 aromatic heterocycles. The van der Waals surface area contributed by atoms with E-state index in [0.29, 0.717) is 0 Å². The molecule has 19 heavy (non-hydrogen) atoms. The van der Waals surface area contributed by atoms with Gasteiger partial charge in [0.25, 0.3) is 5.91 Å². The number of nitrogens with one attached hydrogen (secondary N) is 1. The third-order valence-electron chi connectivity index (χ3n) is 3.04. The molecule has 1 aliphatic carbocycles. The van der Waals surface area contributed by atoms with E-state index in [1.807, 2.05) is 0 Å². The maximum Gasteiger partial charge on any atom is 0.383 e. The van der Waals surface area contributed by atoms with Gasteiger partial charge in [0.2, 0.25) is 0 Å². The van der Waals surface area contributed by atoms with E-state index in [9.17, 15) is 22.4 Å². The zero-order chi connectivity index (χ0) is 14.5. The lowest BCUT2D eigenvalue weighted by Crippen LogP contribution is -2.46. The summed E-state index contributed by atoms with van der Waals surface area (Å²) < 4.78 is 54.1. The van der Waals surface area contributed by atoms with Crippen LogP contribution in [-0.4, -0.2) is 43.6 Å². The van der Waals surface area contributed by atoms with E-state index in [1.54, 1.807) is 5.32 Å². The Morgan fingerprint density at radius 3 is 2.42 bits per heavy atom. The van der Waals surface area contributed by atoms with Crippen molar-refractivity contribution < 1.29 is 27.1 Å². The first kappa shape index (κ1) is 16.2. The molecule has 0 heterocycles. The van der Waals surface area contributed by atoms with E-state index in [1.165, 1.54) is 0 Å². The molecule has 1 rings (SSSR count). The average molecular weight is 286 g/mol. The summed E-state index contributed by atoms with van der Waals surface area (Å²) in [5, 5.41) is 1.73. The maximum atomic E-state index is 12.5. The Labute approximate surface area is 108 Å². The third-order valence-corrected chi connectivity index (χ3v) is 3.04. The SMILES string of the molecule is NC1CCC(OCCNC(=O)C(F)(F)C(F)F)CC1. The molecule has 112 valence electrons. The Morgan fingerprint density at radius 1 is 1.32 bits per heavy atom. The molecule has 0 aromatic rings. The van der Waals surface area contributed by atoms with Crippen LogP contribution in [0.3, 0.4) is 0 Å². The van der Waals surface area contributed by atoms with E-state index in [0.717, 1.165) is 25.7 Å². The molecule has 0 radical (unpaired) electrons. The molecule has 3 N–H and O–H groups in total. The molecular weight excluding hydrogens is 268 g/mol. The van der Waals surface area contributed by atoms with Gasteiger partial charge in [-0.05, 0) is 25.7 Å². The van der Waals surface area contributed by atoms with Crippen LogP contribution in [0.1, 0.15) is 25.7 Å². The number of ether oxygens (including phenoxy) is 1. The molecule has 0 aliphatic heterocycles. The smallest absolute Gasteiger partial charge is 0.376 e. The fourth-order valence-electron chi connectivity index (χ4n) is 1.86. The highest BCUT2D eigenvalue weighted by Gasteiger charge is 2.48. The second-order valence-corrected chi connectivity index (χ2v) is 4.59. The number of carbonyl (C=O) groups is 1. The lowest BCUT2D eigenvalue weighted by atomic mass is 9.94. The Hall–Kier alpha value is -0.890. The Balaban J connectivity index is 2.15. The summed E-state index contributed by atoms with van der Waals surface area (Å²) in [5.41, 5.74) is 5.70. The van der Waals surface area contributed by atoms with E-state index in [4.69, 9.17) is 10.5 Å². The molecule has 1 aliphatic rings. The molecule has 0 saturated heterocycles. The first-order valence-corrected chi connectivity index (χ1v) is 6.15. The van der Waals surface area contributed by atoms with Crippen LogP contribution in [0, 0.1) is 0 Å². The van der Waals surface area contributed by atoms with E-state index < -0.39 is 18.3 Å². The van der Waals surface area contributed by atoms with Crippen molar-refractivity contribution in [2.45, 2.75) is 50.2 Å². The fraction of sp³-hybridized carbons (Fsp3) is 0.909. The third kappa shape index (κ3) is 4.94. The topological polar surface area (TPSA) is 64.3 Å². The summed E-state index contributed by atoms with van der Waals surface area (Å²) in [5.74, 6) is -6.63. The molecule has 0 aromatic carbocycles. The predicted molar refractivity (Wildman–Crippen MR) is 60.1 cm³/mol. The summed E-state index contributed by atoms with van der Waals surface area (Å²) in [7, 11) is 0. The Morgan fingerprint density at radius 2 is 1.89 bits per heavy atom. The second-order valence-electron chi connectivity index (χ2n) is 4.59. The largest absolute Gasteiger partial charge is 0.383 e. The lowest BCUT2D eigenvalue weighted by Gasteiger charge is -2.26. The number of alkyl halides is 4. The van der Waals surface area contributed by atoms with Crippen molar-refractivity contribution >= 4 is 5.91 Å². The van der Waals surface area contributed by atoms with E-state index >= 15 is 0 Å². The minimum atomic E-state index is -4.66. The van der Waals surface area contributed by atoms with E-state index in [-0.39, 0.29) is 25.3 Å². The number of carbonyl (C=O) groups excluding carboxylic acids is 1. The van der Waals surface area contributed by atoms with Gasteiger partial charge >= 0.3 is 12.3 Å². The van der Waals surface area contributed by atoms with Gasteiger partial charge in [0, 0.05) is 12.6 Å². The van der Waals surface area contributed by atoms with Gasteiger partial charge < -0.3 is 15.8 Å². The van der Waals surface area contributed by atoms with Crippen molar-refractivity contribution in [3.05, 3.63) is 0 Å². The molecule has 0 unspecified atom stereocenters. The quantitative estimate of drug-likeness (QED) is 0.571. The van der Waals surface area contributed by atoms with Gasteiger partial charge in [0.05, 0.1) is 12.7 Å². The van der Waals surface area contributed by atoms with Crippen LogP contribution in [0.4, 0.5) is 17.6 Å². The number of hydrogen-bond acceptors (Lipinski definition) is 3. The number of halogens is 4. The molecule has 0 atom stereocenters. The van der Waals surface area contributed by atoms with Crippen LogP contribution in [0.15, 0.2) is 0 Å². The zero-order valence-electron chi connectivity index (χ0n) is 10.4. The van der Waals surface area contributed by atoms with Gasteiger partial charge in [-0.2, -0.15) is 8.78 Å². The van der Waals surface area contributed by atoms with Crippen LogP contribution in [0.5, 0.6) is 0 Å². The first-order chi connectivity index (χ1) is 8.84. The van der Waals surface area contributed by atoms with Crippen molar-refractivity contribution in [2.75, 3.05) is 13.2 Å². The second kappa shape index (κ2) is 7.04.